The number of sulfonamides is 1. The average molecular weight is 584 g/mol. The first-order valence-corrected chi connectivity index (χ1v) is 15.1. The van der Waals surface area contributed by atoms with Gasteiger partial charge in [-0.1, -0.05) is 66.6 Å². The molecule has 7 nitrogen and oxygen atoms in total. The Labute approximate surface area is 243 Å². The molecule has 0 aliphatic carbocycles. The zero-order valence-corrected chi connectivity index (χ0v) is 25.3. The van der Waals surface area contributed by atoms with Gasteiger partial charge in [-0.2, -0.15) is 0 Å². The van der Waals surface area contributed by atoms with Gasteiger partial charge in [0.2, 0.25) is 11.8 Å². The second-order valence-electron chi connectivity index (χ2n) is 10.8. The van der Waals surface area contributed by atoms with Gasteiger partial charge in [0.05, 0.1) is 10.6 Å². The zero-order valence-electron chi connectivity index (χ0n) is 23.7. The summed E-state index contributed by atoms with van der Waals surface area (Å²) < 4.78 is 28.8. The minimum Gasteiger partial charge on any atom is -0.350 e. The highest BCUT2D eigenvalue weighted by Crippen LogP contribution is 2.26. The van der Waals surface area contributed by atoms with Crippen molar-refractivity contribution in [3.05, 3.63) is 95.0 Å². The highest BCUT2D eigenvalue weighted by molar-refractivity contribution is 7.92. The van der Waals surface area contributed by atoms with Crippen LogP contribution in [0.3, 0.4) is 0 Å². The Morgan fingerprint density at radius 1 is 0.925 bits per heavy atom. The van der Waals surface area contributed by atoms with Crippen LogP contribution < -0.4 is 9.62 Å². The molecule has 1 N–H and O–H groups in total. The molecule has 0 aromatic heterocycles. The van der Waals surface area contributed by atoms with Crippen molar-refractivity contribution in [2.75, 3.05) is 17.4 Å². The Balaban J connectivity index is 2.01. The van der Waals surface area contributed by atoms with Gasteiger partial charge >= 0.3 is 0 Å². The lowest BCUT2D eigenvalue weighted by atomic mass is 10.1. The number of anilines is 1. The molecular formula is C31H38ClN3O4S. The van der Waals surface area contributed by atoms with Crippen molar-refractivity contribution >= 4 is 39.1 Å². The quantitative estimate of drug-likeness (QED) is 0.318. The van der Waals surface area contributed by atoms with Crippen LogP contribution in [0.25, 0.3) is 0 Å². The third-order valence-electron chi connectivity index (χ3n) is 6.37. The third-order valence-corrected chi connectivity index (χ3v) is 8.41. The van der Waals surface area contributed by atoms with E-state index in [0.717, 1.165) is 15.4 Å². The van der Waals surface area contributed by atoms with E-state index in [-0.39, 0.29) is 17.3 Å². The second kappa shape index (κ2) is 13.3. The molecule has 0 unspecified atom stereocenters. The lowest BCUT2D eigenvalue weighted by Gasteiger charge is -2.34. The number of carbonyl (C=O) groups excluding carboxylic acids is 2. The summed E-state index contributed by atoms with van der Waals surface area (Å²) in [6.07, 6.45) is 0.881. The van der Waals surface area contributed by atoms with Gasteiger partial charge in [0, 0.05) is 17.1 Å². The second-order valence-corrected chi connectivity index (χ2v) is 13.1. The van der Waals surface area contributed by atoms with Gasteiger partial charge in [0.25, 0.3) is 10.0 Å². The number of hydrogen-bond acceptors (Lipinski definition) is 4. The normalized spacial score (nSPS) is 12.4. The summed E-state index contributed by atoms with van der Waals surface area (Å²) in [5.41, 5.74) is 1.72. The minimum absolute atomic E-state index is 0.0641. The molecule has 0 heterocycles. The summed E-state index contributed by atoms with van der Waals surface area (Å²) >= 11 is 6.08. The zero-order chi connectivity index (χ0) is 29.5. The predicted octanol–water partition coefficient (Wildman–Crippen LogP) is 5.61. The number of nitrogens with zero attached hydrogens (tertiary/aromatic N) is 2. The van der Waals surface area contributed by atoms with E-state index < -0.39 is 34.1 Å². The molecule has 2 amide bonds. The summed E-state index contributed by atoms with van der Waals surface area (Å²) in [5.74, 6) is -0.756. The van der Waals surface area contributed by atoms with Crippen molar-refractivity contribution in [3.63, 3.8) is 0 Å². The van der Waals surface area contributed by atoms with Crippen LogP contribution in [0, 0.1) is 6.92 Å². The maximum Gasteiger partial charge on any atom is 0.264 e. The van der Waals surface area contributed by atoms with Gasteiger partial charge in [0.1, 0.15) is 12.6 Å². The van der Waals surface area contributed by atoms with E-state index in [1.165, 1.54) is 17.0 Å². The predicted molar refractivity (Wildman–Crippen MR) is 161 cm³/mol. The van der Waals surface area contributed by atoms with Gasteiger partial charge in [-0.15, -0.1) is 0 Å². The summed E-state index contributed by atoms with van der Waals surface area (Å²) in [6, 6.07) is 21.7. The maximum absolute atomic E-state index is 14.0. The van der Waals surface area contributed by atoms with Crippen LogP contribution in [0.15, 0.2) is 83.8 Å². The Hall–Kier alpha value is -3.36. The Bertz CT molecular complexity index is 1390. The smallest absolute Gasteiger partial charge is 0.264 e. The number of amides is 2. The number of hydrogen-bond donors (Lipinski definition) is 1. The van der Waals surface area contributed by atoms with E-state index in [1.54, 1.807) is 36.4 Å². The van der Waals surface area contributed by atoms with Crippen LogP contribution in [0.4, 0.5) is 5.69 Å². The number of benzene rings is 3. The van der Waals surface area contributed by atoms with Gasteiger partial charge < -0.3 is 10.2 Å². The Kier molecular flexibility index (Phi) is 10.4. The maximum atomic E-state index is 14.0. The van der Waals surface area contributed by atoms with Crippen molar-refractivity contribution in [2.24, 2.45) is 0 Å². The molecule has 0 saturated heterocycles. The highest BCUT2D eigenvalue weighted by Gasteiger charge is 2.34. The van der Waals surface area contributed by atoms with Crippen LogP contribution in [0.1, 0.15) is 45.2 Å². The number of carbonyl (C=O) groups is 2. The molecule has 0 bridgehead atoms. The van der Waals surface area contributed by atoms with E-state index in [2.05, 4.69) is 5.32 Å². The van der Waals surface area contributed by atoms with E-state index in [9.17, 15) is 18.0 Å². The summed E-state index contributed by atoms with van der Waals surface area (Å²) in [7, 11) is -4.12. The monoisotopic (exact) mass is 583 g/mol. The molecule has 0 aliphatic heterocycles. The average Bonchev–Trinajstić information content (AvgIpc) is 2.90. The van der Waals surface area contributed by atoms with Crippen molar-refractivity contribution < 1.29 is 18.0 Å². The molecule has 214 valence electrons. The minimum atomic E-state index is -4.12. The lowest BCUT2D eigenvalue weighted by molar-refractivity contribution is -0.140. The van der Waals surface area contributed by atoms with Crippen molar-refractivity contribution in [2.45, 2.75) is 63.9 Å². The SMILES string of the molecule is CC[C@@H](C(=O)NC(C)(C)C)N(CCc1ccccc1)C(=O)CN(c1ccc(Cl)cc1)S(=O)(=O)c1ccc(C)cc1. The number of nitrogens with one attached hydrogen (secondary N) is 1. The van der Waals surface area contributed by atoms with E-state index in [1.807, 2.05) is 65.0 Å². The van der Waals surface area contributed by atoms with Crippen molar-refractivity contribution in [1.29, 1.82) is 0 Å². The molecule has 3 aromatic carbocycles. The Morgan fingerprint density at radius 2 is 1.52 bits per heavy atom. The molecule has 0 radical (unpaired) electrons. The van der Waals surface area contributed by atoms with Crippen LogP contribution in [0.5, 0.6) is 0 Å². The number of aryl methyl sites for hydroxylation is 1. The molecule has 0 aliphatic rings. The standard InChI is InChI=1S/C31H38ClN3O4S/c1-6-28(30(37)33-31(3,4)5)34(21-20-24-10-8-7-9-11-24)29(36)22-35(26-16-14-25(32)15-17-26)40(38,39)27-18-12-23(2)13-19-27/h7-19,28H,6,20-22H2,1-5H3,(H,33,37)/t28-/m0/s1. The number of rotatable bonds is 11. The number of halogens is 1. The summed E-state index contributed by atoms with van der Waals surface area (Å²) in [4.78, 5) is 28.9. The fourth-order valence-electron chi connectivity index (χ4n) is 4.32. The summed E-state index contributed by atoms with van der Waals surface area (Å²) in [5, 5.41) is 3.42. The molecule has 3 aromatic rings. The van der Waals surface area contributed by atoms with E-state index in [4.69, 9.17) is 11.6 Å². The first kappa shape index (κ1) is 31.2. The molecule has 0 spiro atoms. The molecule has 1 atom stereocenters. The van der Waals surface area contributed by atoms with Crippen LogP contribution >= 0.6 is 11.6 Å². The molecule has 0 fully saturated rings. The molecular weight excluding hydrogens is 546 g/mol. The molecule has 0 saturated carbocycles. The van der Waals surface area contributed by atoms with Gasteiger partial charge in [-0.25, -0.2) is 8.42 Å². The van der Waals surface area contributed by atoms with Crippen LogP contribution in [-0.4, -0.2) is 49.8 Å². The largest absolute Gasteiger partial charge is 0.350 e. The van der Waals surface area contributed by atoms with Gasteiger partial charge in [0.15, 0.2) is 0 Å². The van der Waals surface area contributed by atoms with Crippen molar-refractivity contribution in [3.8, 4) is 0 Å². The van der Waals surface area contributed by atoms with Gasteiger partial charge in [-0.05, 0) is 82.5 Å². The summed E-state index contributed by atoms with van der Waals surface area (Å²) in [6.45, 7) is 9.12. The first-order chi connectivity index (χ1) is 18.8. The van der Waals surface area contributed by atoms with Crippen molar-refractivity contribution in [1.82, 2.24) is 10.2 Å². The third kappa shape index (κ3) is 8.32. The first-order valence-electron chi connectivity index (χ1n) is 13.3. The molecule has 40 heavy (non-hydrogen) atoms. The lowest BCUT2D eigenvalue weighted by Crippen LogP contribution is -2.56. The topological polar surface area (TPSA) is 86.8 Å². The molecule has 9 heteroatoms. The van der Waals surface area contributed by atoms with Crippen LogP contribution in [0.2, 0.25) is 5.02 Å². The fourth-order valence-corrected chi connectivity index (χ4v) is 5.86. The van der Waals surface area contributed by atoms with Crippen LogP contribution in [-0.2, 0) is 26.0 Å². The Morgan fingerprint density at radius 3 is 2.08 bits per heavy atom. The highest BCUT2D eigenvalue weighted by atomic mass is 35.5. The van der Waals surface area contributed by atoms with Gasteiger partial charge in [-0.3, -0.25) is 13.9 Å². The van der Waals surface area contributed by atoms with E-state index >= 15 is 0 Å². The fraction of sp³-hybridized carbons (Fsp3) is 0.355. The van der Waals surface area contributed by atoms with E-state index in [0.29, 0.717) is 23.6 Å². The molecule has 3 rings (SSSR count).